The molecule has 31 heavy (non-hydrogen) atoms. The van der Waals surface area contributed by atoms with E-state index in [-0.39, 0.29) is 21.2 Å². The molecule has 0 N–H and O–H groups in total. The third kappa shape index (κ3) is 4.37. The number of anilines is 1. The van der Waals surface area contributed by atoms with Crippen LogP contribution in [0.3, 0.4) is 0 Å². The van der Waals surface area contributed by atoms with Crippen molar-refractivity contribution in [3.63, 3.8) is 0 Å². The molecule has 1 saturated heterocycles. The molecule has 1 aliphatic heterocycles. The van der Waals surface area contributed by atoms with Gasteiger partial charge in [-0.25, -0.2) is 8.42 Å². The van der Waals surface area contributed by atoms with Crippen molar-refractivity contribution >= 4 is 43.6 Å². The molecule has 1 aliphatic rings. The highest BCUT2D eigenvalue weighted by Gasteiger charge is 2.30. The summed E-state index contributed by atoms with van der Waals surface area (Å²) in [5.41, 5.74) is 0.269. The van der Waals surface area contributed by atoms with Crippen LogP contribution in [0.25, 0.3) is 10.8 Å². The molecule has 1 fully saturated rings. The first-order chi connectivity index (χ1) is 14.8. The van der Waals surface area contributed by atoms with Gasteiger partial charge < -0.3 is 9.80 Å². The number of nitrogens with zero attached hydrogens (tertiary/aromatic N) is 3. The summed E-state index contributed by atoms with van der Waals surface area (Å²) in [5, 5.41) is 13.7. The van der Waals surface area contributed by atoms with Crippen LogP contribution in [0.15, 0.2) is 59.5 Å². The molecule has 162 valence electrons. The number of nitro groups is 1. The number of sulfone groups is 1. The fraction of sp³-hybridized carbons (Fsp3) is 0.273. The highest BCUT2D eigenvalue weighted by atomic mass is 35.5. The lowest BCUT2D eigenvalue weighted by atomic mass is 10.1. The minimum absolute atomic E-state index is 0.0966. The molecule has 0 bridgehead atoms. The summed E-state index contributed by atoms with van der Waals surface area (Å²) in [5.74, 6) is -0.501. The molecule has 0 atom stereocenters. The Morgan fingerprint density at radius 1 is 1.03 bits per heavy atom. The predicted molar refractivity (Wildman–Crippen MR) is 123 cm³/mol. The minimum Gasteiger partial charge on any atom is -0.363 e. The first kappa shape index (κ1) is 21.5. The lowest BCUT2D eigenvalue weighted by molar-refractivity contribution is -0.384. The van der Waals surface area contributed by atoms with Crippen molar-refractivity contribution in [3.8, 4) is 0 Å². The first-order valence-electron chi connectivity index (χ1n) is 9.87. The second kappa shape index (κ2) is 8.45. The SMILES string of the molecule is CN1CCN(c2cc(Cl)cc(CS(=O)(=O)c3cccc4ccccc34)c2[N+](=O)[O-])CC1. The molecule has 0 aromatic heterocycles. The maximum atomic E-state index is 13.3. The van der Waals surface area contributed by atoms with Gasteiger partial charge in [-0.15, -0.1) is 0 Å². The summed E-state index contributed by atoms with van der Waals surface area (Å²) in [6.45, 7) is 2.72. The van der Waals surface area contributed by atoms with Crippen molar-refractivity contribution in [1.29, 1.82) is 0 Å². The summed E-state index contributed by atoms with van der Waals surface area (Å²) in [7, 11) is -1.87. The van der Waals surface area contributed by atoms with Crippen molar-refractivity contribution < 1.29 is 13.3 Å². The molecule has 3 aromatic rings. The second-order valence-electron chi connectivity index (χ2n) is 7.72. The average Bonchev–Trinajstić information content (AvgIpc) is 2.72. The Morgan fingerprint density at radius 2 is 1.71 bits per heavy atom. The van der Waals surface area contributed by atoms with Crippen LogP contribution in [0.2, 0.25) is 5.02 Å². The van der Waals surface area contributed by atoms with Gasteiger partial charge in [0.25, 0.3) is 5.69 Å². The van der Waals surface area contributed by atoms with Crippen LogP contribution < -0.4 is 4.90 Å². The molecule has 9 heteroatoms. The third-order valence-electron chi connectivity index (χ3n) is 5.59. The van der Waals surface area contributed by atoms with Gasteiger partial charge in [0.05, 0.1) is 15.6 Å². The fourth-order valence-corrected chi connectivity index (χ4v) is 5.83. The smallest absolute Gasteiger partial charge is 0.296 e. The van der Waals surface area contributed by atoms with E-state index in [0.717, 1.165) is 18.5 Å². The van der Waals surface area contributed by atoms with Crippen LogP contribution in [0.1, 0.15) is 5.56 Å². The Hall–Kier alpha value is -2.68. The molecule has 3 aromatic carbocycles. The van der Waals surface area contributed by atoms with Crippen molar-refractivity contribution in [3.05, 3.63) is 75.3 Å². The van der Waals surface area contributed by atoms with E-state index in [2.05, 4.69) is 4.90 Å². The molecule has 7 nitrogen and oxygen atoms in total. The molecule has 0 unspecified atom stereocenters. The Balaban J connectivity index is 1.80. The van der Waals surface area contributed by atoms with Crippen molar-refractivity contribution in [2.75, 3.05) is 38.1 Å². The van der Waals surface area contributed by atoms with Gasteiger partial charge in [-0.3, -0.25) is 10.1 Å². The number of benzene rings is 3. The van der Waals surface area contributed by atoms with Gasteiger partial charge in [-0.2, -0.15) is 0 Å². The van der Waals surface area contributed by atoms with Gasteiger partial charge in [0, 0.05) is 42.2 Å². The molecular formula is C22H22ClN3O4S. The summed E-state index contributed by atoms with van der Waals surface area (Å²) in [6, 6.07) is 15.2. The summed E-state index contributed by atoms with van der Waals surface area (Å²) < 4.78 is 26.7. The second-order valence-corrected chi connectivity index (χ2v) is 10.1. The van der Waals surface area contributed by atoms with Crippen molar-refractivity contribution in [2.24, 2.45) is 0 Å². The number of hydrogen-bond acceptors (Lipinski definition) is 6. The standard InChI is InChI=1S/C22H22ClN3O4S/c1-24-9-11-25(12-10-24)20-14-18(23)13-17(22(20)26(27)28)15-31(29,30)21-8-4-6-16-5-2-3-7-19(16)21/h2-8,13-14H,9-12,15H2,1H3. The normalized spacial score (nSPS) is 15.4. The Morgan fingerprint density at radius 3 is 2.42 bits per heavy atom. The van der Waals surface area contributed by atoms with E-state index >= 15 is 0 Å². The average molecular weight is 460 g/mol. The van der Waals surface area contributed by atoms with Crippen LogP contribution in [0, 0.1) is 10.1 Å². The number of piperazine rings is 1. The van der Waals surface area contributed by atoms with Gasteiger partial charge in [0.1, 0.15) is 5.69 Å². The van der Waals surface area contributed by atoms with Gasteiger partial charge in [-0.05, 0) is 30.6 Å². The summed E-state index contributed by atoms with van der Waals surface area (Å²) in [6.07, 6.45) is 0. The Kier molecular flexibility index (Phi) is 5.88. The topological polar surface area (TPSA) is 83.8 Å². The first-order valence-corrected chi connectivity index (χ1v) is 11.9. The number of likely N-dealkylation sites (N-methyl/N-ethyl adjacent to an activating group) is 1. The van der Waals surface area contributed by atoms with Gasteiger partial charge in [-0.1, -0.05) is 48.0 Å². The fourth-order valence-electron chi connectivity index (χ4n) is 4.00. The zero-order valence-electron chi connectivity index (χ0n) is 17.0. The molecule has 0 radical (unpaired) electrons. The van der Waals surface area contributed by atoms with Crippen molar-refractivity contribution in [2.45, 2.75) is 10.6 Å². The number of rotatable bonds is 5. The largest absolute Gasteiger partial charge is 0.363 e. The van der Waals surface area contributed by atoms with Crippen LogP contribution >= 0.6 is 11.6 Å². The number of hydrogen-bond donors (Lipinski definition) is 0. The summed E-state index contributed by atoms with van der Waals surface area (Å²) in [4.78, 5) is 15.7. The molecule has 0 amide bonds. The monoisotopic (exact) mass is 459 g/mol. The van der Waals surface area contributed by atoms with E-state index < -0.39 is 20.5 Å². The lowest BCUT2D eigenvalue weighted by Gasteiger charge is -2.34. The zero-order valence-corrected chi connectivity index (χ0v) is 18.6. The predicted octanol–water partition coefficient (Wildman–Crippen LogP) is 4.13. The molecule has 0 spiro atoms. The third-order valence-corrected chi connectivity index (χ3v) is 7.53. The quantitative estimate of drug-likeness (QED) is 0.421. The molecule has 0 aliphatic carbocycles. The van der Waals surface area contributed by atoms with E-state index in [0.29, 0.717) is 24.2 Å². The van der Waals surface area contributed by atoms with Crippen LogP contribution in [0.4, 0.5) is 11.4 Å². The van der Waals surface area contributed by atoms with Crippen LogP contribution in [-0.2, 0) is 15.6 Å². The van der Waals surface area contributed by atoms with E-state index in [4.69, 9.17) is 11.6 Å². The number of halogens is 1. The summed E-state index contributed by atoms with van der Waals surface area (Å²) >= 11 is 6.29. The van der Waals surface area contributed by atoms with E-state index in [9.17, 15) is 18.5 Å². The lowest BCUT2D eigenvalue weighted by Crippen LogP contribution is -2.44. The van der Waals surface area contributed by atoms with Gasteiger partial charge in [0.2, 0.25) is 0 Å². The Bertz CT molecular complexity index is 1250. The number of fused-ring (bicyclic) bond motifs is 1. The number of nitro benzene ring substituents is 1. The molecular weight excluding hydrogens is 438 g/mol. The highest BCUT2D eigenvalue weighted by molar-refractivity contribution is 7.90. The molecule has 1 heterocycles. The minimum atomic E-state index is -3.86. The highest BCUT2D eigenvalue weighted by Crippen LogP contribution is 2.38. The maximum Gasteiger partial charge on any atom is 0.296 e. The molecule has 0 saturated carbocycles. The van der Waals surface area contributed by atoms with Gasteiger partial charge >= 0.3 is 0 Å². The maximum absolute atomic E-state index is 13.3. The van der Waals surface area contributed by atoms with Crippen molar-refractivity contribution in [1.82, 2.24) is 4.90 Å². The van der Waals surface area contributed by atoms with Crippen LogP contribution in [0.5, 0.6) is 0 Å². The zero-order chi connectivity index (χ0) is 22.2. The van der Waals surface area contributed by atoms with Crippen LogP contribution in [-0.4, -0.2) is 51.5 Å². The van der Waals surface area contributed by atoms with E-state index in [1.807, 2.05) is 30.1 Å². The van der Waals surface area contributed by atoms with E-state index in [1.54, 1.807) is 24.3 Å². The molecule has 4 rings (SSSR count). The van der Waals surface area contributed by atoms with Gasteiger partial charge in [0.15, 0.2) is 9.84 Å². The van der Waals surface area contributed by atoms with E-state index in [1.165, 1.54) is 12.1 Å². The Labute approximate surface area is 185 Å².